The summed E-state index contributed by atoms with van der Waals surface area (Å²) in [5.74, 6) is -0.469. The van der Waals surface area contributed by atoms with Gasteiger partial charge in [0.25, 0.3) is 5.91 Å². The van der Waals surface area contributed by atoms with Crippen LogP contribution in [0.5, 0.6) is 0 Å². The molecular weight excluding hydrogens is 354 g/mol. The van der Waals surface area contributed by atoms with Crippen LogP contribution in [-0.4, -0.2) is 35.7 Å². The van der Waals surface area contributed by atoms with E-state index in [0.29, 0.717) is 12.8 Å². The van der Waals surface area contributed by atoms with Gasteiger partial charge in [-0.05, 0) is 24.0 Å². The molecule has 2 aliphatic rings. The normalized spacial score (nSPS) is 19.3. The molecule has 0 aromatic heterocycles. The Morgan fingerprint density at radius 2 is 1.71 bits per heavy atom. The Bertz CT molecular complexity index is 863. The minimum absolute atomic E-state index is 0.151. The first-order valence-electron chi connectivity index (χ1n) is 9.62. The Kier molecular flexibility index (Phi) is 5.37. The summed E-state index contributed by atoms with van der Waals surface area (Å²) in [6.45, 7) is 0. The summed E-state index contributed by atoms with van der Waals surface area (Å²) in [4.78, 5) is 30.7. The van der Waals surface area contributed by atoms with Gasteiger partial charge in [0.15, 0.2) is 0 Å². The molecule has 2 N–H and O–H groups in total. The predicted molar refractivity (Wildman–Crippen MR) is 106 cm³/mol. The molecule has 0 unspecified atom stereocenters. The van der Waals surface area contributed by atoms with Crippen LogP contribution in [0.4, 0.5) is 0 Å². The van der Waals surface area contributed by atoms with Crippen LogP contribution in [0, 0.1) is 0 Å². The van der Waals surface area contributed by atoms with Crippen molar-refractivity contribution in [1.82, 2.24) is 10.6 Å². The summed E-state index contributed by atoms with van der Waals surface area (Å²) < 4.78 is 0. The average Bonchev–Trinajstić information content (AvgIpc) is 3.40. The number of carbonyl (C=O) groups excluding carboxylic acids is 2. The fraction of sp³-hybridized carbons (Fsp3) is 0.318. The number of amides is 2. The van der Waals surface area contributed by atoms with Gasteiger partial charge in [-0.25, -0.2) is 0 Å². The van der Waals surface area contributed by atoms with Gasteiger partial charge in [0.2, 0.25) is 12.0 Å². The lowest BCUT2D eigenvalue weighted by Crippen LogP contribution is -2.51. The Morgan fingerprint density at radius 3 is 2.39 bits per heavy atom. The molecule has 28 heavy (non-hydrogen) atoms. The van der Waals surface area contributed by atoms with Gasteiger partial charge < -0.3 is 15.5 Å². The van der Waals surface area contributed by atoms with Crippen LogP contribution >= 0.6 is 0 Å². The molecule has 1 aliphatic heterocycles. The van der Waals surface area contributed by atoms with Crippen LogP contribution in [-0.2, 0) is 20.8 Å². The van der Waals surface area contributed by atoms with Crippen LogP contribution in [0.1, 0.15) is 30.4 Å². The van der Waals surface area contributed by atoms with Crippen molar-refractivity contribution in [2.45, 2.75) is 43.9 Å². The van der Waals surface area contributed by atoms with Crippen molar-refractivity contribution in [3.8, 4) is 0 Å². The third-order valence-electron chi connectivity index (χ3n) is 4.91. The van der Waals surface area contributed by atoms with Crippen LogP contribution < -0.4 is 10.6 Å². The Labute approximate surface area is 164 Å². The zero-order valence-corrected chi connectivity index (χ0v) is 15.5. The fourth-order valence-corrected chi connectivity index (χ4v) is 3.17. The minimum atomic E-state index is -0.720. The summed E-state index contributed by atoms with van der Waals surface area (Å²) in [5, 5.41) is 9.90. The van der Waals surface area contributed by atoms with Crippen molar-refractivity contribution < 1.29 is 14.4 Å². The van der Waals surface area contributed by atoms with Crippen LogP contribution in [0.3, 0.4) is 0 Å². The molecule has 2 aromatic carbocycles. The van der Waals surface area contributed by atoms with Crippen molar-refractivity contribution in [3.63, 3.8) is 0 Å². The van der Waals surface area contributed by atoms with Crippen molar-refractivity contribution in [3.05, 3.63) is 71.8 Å². The molecule has 144 valence electrons. The topological polar surface area (TPSA) is 79.8 Å². The van der Waals surface area contributed by atoms with E-state index in [2.05, 4.69) is 15.8 Å². The molecule has 4 rings (SSSR count). The molecule has 1 saturated carbocycles. The van der Waals surface area contributed by atoms with E-state index in [9.17, 15) is 9.59 Å². The maximum absolute atomic E-state index is 12.7. The van der Waals surface area contributed by atoms with Gasteiger partial charge in [0.1, 0.15) is 6.04 Å². The van der Waals surface area contributed by atoms with Gasteiger partial charge in [-0.15, -0.1) is 0 Å². The smallest absolute Gasteiger partial charge is 0.265 e. The summed E-state index contributed by atoms with van der Waals surface area (Å²) in [6.07, 6.45) is 2.10. The van der Waals surface area contributed by atoms with E-state index in [1.54, 1.807) is 0 Å². The highest BCUT2D eigenvalue weighted by atomic mass is 16.6. The zero-order valence-electron chi connectivity index (χ0n) is 15.5. The van der Waals surface area contributed by atoms with E-state index in [4.69, 9.17) is 4.84 Å². The number of nitrogens with one attached hydrogen (secondary N) is 2. The fourth-order valence-electron chi connectivity index (χ4n) is 3.17. The molecule has 1 aliphatic carbocycles. The van der Waals surface area contributed by atoms with Gasteiger partial charge in [-0.1, -0.05) is 65.8 Å². The molecule has 6 heteroatoms. The molecule has 1 heterocycles. The highest BCUT2D eigenvalue weighted by molar-refractivity contribution is 6.04. The molecule has 2 atom stereocenters. The summed E-state index contributed by atoms with van der Waals surface area (Å²) in [7, 11) is 0. The van der Waals surface area contributed by atoms with Gasteiger partial charge >= 0.3 is 0 Å². The van der Waals surface area contributed by atoms with Gasteiger partial charge in [-0.2, -0.15) is 0 Å². The molecule has 2 aromatic rings. The summed E-state index contributed by atoms with van der Waals surface area (Å²) in [6, 6.07) is 18.9. The second-order valence-electron chi connectivity index (χ2n) is 7.24. The molecule has 0 bridgehead atoms. The van der Waals surface area contributed by atoms with Crippen LogP contribution in [0.2, 0.25) is 0 Å². The van der Waals surface area contributed by atoms with E-state index in [1.165, 1.54) is 0 Å². The lowest BCUT2D eigenvalue weighted by molar-refractivity contribution is -0.135. The maximum Gasteiger partial charge on any atom is 0.265 e. The molecule has 0 radical (unpaired) electrons. The van der Waals surface area contributed by atoms with Crippen LogP contribution in [0.25, 0.3) is 0 Å². The first-order valence-corrected chi connectivity index (χ1v) is 9.62. The SMILES string of the molecule is O=C(N[C@H](Cc1ccccc1)C(=O)NC1CC1)[C@@H]1CC(c2ccccc2)=NO1. The number of nitrogens with zero attached hydrogens (tertiary/aromatic N) is 1. The van der Waals surface area contributed by atoms with Crippen molar-refractivity contribution in [1.29, 1.82) is 0 Å². The first-order chi connectivity index (χ1) is 13.7. The van der Waals surface area contributed by atoms with E-state index in [0.717, 1.165) is 29.7 Å². The van der Waals surface area contributed by atoms with Gasteiger partial charge in [0, 0.05) is 18.9 Å². The van der Waals surface area contributed by atoms with Crippen LogP contribution in [0.15, 0.2) is 65.8 Å². The van der Waals surface area contributed by atoms with Gasteiger partial charge in [-0.3, -0.25) is 9.59 Å². The number of oxime groups is 1. The zero-order chi connectivity index (χ0) is 19.3. The first kappa shape index (κ1) is 18.2. The van der Waals surface area contributed by atoms with Crippen molar-refractivity contribution in [2.24, 2.45) is 5.16 Å². The number of hydrogen-bond acceptors (Lipinski definition) is 4. The van der Waals surface area contributed by atoms with Gasteiger partial charge in [0.05, 0.1) is 5.71 Å². The molecule has 6 nitrogen and oxygen atoms in total. The predicted octanol–water partition coefficient (Wildman–Crippen LogP) is 2.19. The third kappa shape index (κ3) is 4.57. The lowest BCUT2D eigenvalue weighted by Gasteiger charge is -2.20. The summed E-state index contributed by atoms with van der Waals surface area (Å²) >= 11 is 0. The van der Waals surface area contributed by atoms with E-state index in [1.807, 2.05) is 60.7 Å². The van der Waals surface area contributed by atoms with E-state index >= 15 is 0 Å². The number of hydrogen-bond donors (Lipinski definition) is 2. The number of rotatable bonds is 7. The number of carbonyl (C=O) groups is 2. The maximum atomic E-state index is 12.7. The van der Waals surface area contributed by atoms with E-state index < -0.39 is 12.1 Å². The highest BCUT2D eigenvalue weighted by Crippen LogP contribution is 2.20. The molecule has 1 fully saturated rings. The van der Waals surface area contributed by atoms with Crippen molar-refractivity contribution in [2.75, 3.05) is 0 Å². The largest absolute Gasteiger partial charge is 0.382 e. The minimum Gasteiger partial charge on any atom is -0.382 e. The quantitative estimate of drug-likeness (QED) is 0.776. The molecule has 0 saturated heterocycles. The molecule has 2 amide bonds. The van der Waals surface area contributed by atoms with E-state index in [-0.39, 0.29) is 17.9 Å². The highest BCUT2D eigenvalue weighted by Gasteiger charge is 2.33. The third-order valence-corrected chi connectivity index (χ3v) is 4.91. The lowest BCUT2D eigenvalue weighted by atomic mass is 10.0. The Morgan fingerprint density at radius 1 is 1.04 bits per heavy atom. The Hall–Kier alpha value is -3.15. The molecule has 0 spiro atoms. The second kappa shape index (κ2) is 8.25. The summed E-state index contributed by atoms with van der Waals surface area (Å²) in [5.41, 5.74) is 2.67. The Balaban J connectivity index is 1.39. The monoisotopic (exact) mass is 377 g/mol. The number of benzene rings is 2. The second-order valence-corrected chi connectivity index (χ2v) is 7.24. The molecular formula is C22H23N3O3. The average molecular weight is 377 g/mol. The standard InChI is InChI=1S/C22H23N3O3/c26-21(23-17-11-12-17)19(13-15-7-3-1-4-8-15)24-22(27)20-14-18(25-28-20)16-9-5-2-6-10-16/h1-10,17,19-20H,11-14H2,(H,23,26)(H,24,27)/t19-,20+/m1/s1. The van der Waals surface area contributed by atoms with Crippen molar-refractivity contribution >= 4 is 17.5 Å².